The van der Waals surface area contributed by atoms with E-state index in [0.29, 0.717) is 23.0 Å². The Morgan fingerprint density at radius 3 is 2.63 bits per heavy atom. The van der Waals surface area contributed by atoms with Gasteiger partial charge in [-0.3, -0.25) is 19.1 Å². The summed E-state index contributed by atoms with van der Waals surface area (Å²) in [5.41, 5.74) is 0.627. The molecule has 0 unspecified atom stereocenters. The summed E-state index contributed by atoms with van der Waals surface area (Å²) in [7, 11) is 1.74. The Labute approximate surface area is 159 Å². The molecule has 2 aromatic heterocycles. The molecule has 0 aliphatic carbocycles. The van der Waals surface area contributed by atoms with Crippen molar-refractivity contribution in [3.63, 3.8) is 0 Å². The molecule has 1 amide bonds. The Bertz CT molecular complexity index is 1100. The van der Waals surface area contributed by atoms with Crippen molar-refractivity contribution < 1.29 is 4.79 Å². The van der Waals surface area contributed by atoms with Gasteiger partial charge in [-0.05, 0) is 25.3 Å². The number of nitrogens with zero attached hydrogens (tertiary/aromatic N) is 3. The van der Waals surface area contributed by atoms with E-state index < -0.39 is 11.5 Å². The van der Waals surface area contributed by atoms with Crippen LogP contribution in [0.2, 0.25) is 0 Å². The second kappa shape index (κ2) is 7.67. The quantitative estimate of drug-likeness (QED) is 0.696. The van der Waals surface area contributed by atoms with Gasteiger partial charge in [0.2, 0.25) is 0 Å². The molecule has 0 saturated heterocycles. The zero-order valence-electron chi connectivity index (χ0n) is 15.1. The van der Waals surface area contributed by atoms with Crippen molar-refractivity contribution in [1.29, 1.82) is 0 Å². The number of aromatic amines is 1. The number of carbonyl (C=O) groups excluding carboxylic acids is 1. The van der Waals surface area contributed by atoms with Gasteiger partial charge in [0.1, 0.15) is 17.2 Å². The third-order valence-electron chi connectivity index (χ3n) is 4.10. The number of hydrogen-bond acceptors (Lipinski definition) is 5. The van der Waals surface area contributed by atoms with Crippen LogP contribution in [0.15, 0.2) is 46.0 Å². The van der Waals surface area contributed by atoms with Crippen LogP contribution in [0.5, 0.6) is 0 Å². The van der Waals surface area contributed by atoms with E-state index in [1.54, 1.807) is 30.8 Å². The average molecular weight is 385 g/mol. The maximum atomic E-state index is 12.8. The predicted octanol–water partition coefficient (Wildman–Crippen LogP) is 1.68. The number of benzene rings is 1. The summed E-state index contributed by atoms with van der Waals surface area (Å²) in [4.78, 5) is 44.0. The molecule has 27 heavy (non-hydrogen) atoms. The van der Waals surface area contributed by atoms with Gasteiger partial charge in [0.25, 0.3) is 17.0 Å². The minimum atomic E-state index is -0.602. The first-order chi connectivity index (χ1) is 12.9. The SMILES string of the molecule is CSCc1nc(C(=O)Nc2c(C)n(C)n(-c3ccccc3)c2=O)cc(=O)[nH]1. The number of nitrogens with one attached hydrogen (secondary N) is 2. The Kier molecular flexibility index (Phi) is 5.31. The third kappa shape index (κ3) is 3.72. The van der Waals surface area contributed by atoms with Crippen molar-refractivity contribution in [3.8, 4) is 5.69 Å². The zero-order chi connectivity index (χ0) is 19.6. The van der Waals surface area contributed by atoms with Gasteiger partial charge in [0.15, 0.2) is 0 Å². The molecule has 140 valence electrons. The fourth-order valence-corrected chi connectivity index (χ4v) is 3.13. The minimum Gasteiger partial charge on any atom is -0.314 e. The molecule has 3 rings (SSSR count). The van der Waals surface area contributed by atoms with Gasteiger partial charge in [-0.2, -0.15) is 11.8 Å². The highest BCUT2D eigenvalue weighted by Gasteiger charge is 2.20. The number of amides is 1. The lowest BCUT2D eigenvalue weighted by molar-refractivity contribution is 0.102. The standard InChI is InChI=1S/C18H19N5O3S/c1-11-16(18(26)23(22(11)2)12-7-5-4-6-8-12)21-17(25)13-9-15(24)20-14(19-13)10-27-3/h4-9H,10H2,1-3H3,(H,21,25)(H,19,20,24). The summed E-state index contributed by atoms with van der Waals surface area (Å²) < 4.78 is 3.13. The Morgan fingerprint density at radius 1 is 1.26 bits per heavy atom. The van der Waals surface area contributed by atoms with Crippen molar-refractivity contribution in [1.82, 2.24) is 19.3 Å². The van der Waals surface area contributed by atoms with Crippen LogP contribution in [0.3, 0.4) is 0 Å². The number of hydrogen-bond donors (Lipinski definition) is 2. The first-order valence-corrected chi connectivity index (χ1v) is 9.56. The third-order valence-corrected chi connectivity index (χ3v) is 4.66. The van der Waals surface area contributed by atoms with Gasteiger partial charge in [-0.15, -0.1) is 0 Å². The van der Waals surface area contributed by atoms with Gasteiger partial charge in [0.05, 0.1) is 17.1 Å². The lowest BCUT2D eigenvalue weighted by Gasteiger charge is -2.07. The van der Waals surface area contributed by atoms with E-state index in [1.165, 1.54) is 16.4 Å². The van der Waals surface area contributed by atoms with E-state index in [9.17, 15) is 14.4 Å². The second-order valence-corrected chi connectivity index (χ2v) is 6.77. The van der Waals surface area contributed by atoms with Crippen molar-refractivity contribution in [2.75, 3.05) is 11.6 Å². The van der Waals surface area contributed by atoms with Gasteiger partial charge >= 0.3 is 0 Å². The Morgan fingerprint density at radius 2 is 1.96 bits per heavy atom. The average Bonchev–Trinajstić information content (AvgIpc) is 2.85. The molecule has 0 radical (unpaired) electrons. The van der Waals surface area contributed by atoms with Crippen LogP contribution >= 0.6 is 11.8 Å². The predicted molar refractivity (Wildman–Crippen MR) is 106 cm³/mol. The van der Waals surface area contributed by atoms with Crippen molar-refractivity contribution in [3.05, 3.63) is 74.3 Å². The molecule has 0 atom stereocenters. The van der Waals surface area contributed by atoms with Crippen LogP contribution in [0.25, 0.3) is 5.69 Å². The van der Waals surface area contributed by atoms with Crippen LogP contribution in [0.1, 0.15) is 22.0 Å². The summed E-state index contributed by atoms with van der Waals surface area (Å²) in [6.45, 7) is 1.74. The molecular weight excluding hydrogens is 366 g/mol. The second-order valence-electron chi connectivity index (χ2n) is 5.90. The summed E-state index contributed by atoms with van der Waals surface area (Å²) in [6, 6.07) is 10.2. The number of aromatic nitrogens is 4. The van der Waals surface area contributed by atoms with E-state index in [-0.39, 0.29) is 16.9 Å². The molecule has 0 aliphatic heterocycles. The van der Waals surface area contributed by atoms with E-state index in [0.717, 1.165) is 6.07 Å². The van der Waals surface area contributed by atoms with Crippen LogP contribution in [-0.4, -0.2) is 31.5 Å². The van der Waals surface area contributed by atoms with Crippen LogP contribution < -0.4 is 16.4 Å². The minimum absolute atomic E-state index is 0.0308. The molecule has 0 aliphatic rings. The molecule has 8 nitrogen and oxygen atoms in total. The maximum absolute atomic E-state index is 12.8. The monoisotopic (exact) mass is 385 g/mol. The number of carbonyl (C=O) groups is 1. The summed E-state index contributed by atoms with van der Waals surface area (Å²) in [5, 5.41) is 2.61. The van der Waals surface area contributed by atoms with Gasteiger partial charge in [-0.1, -0.05) is 18.2 Å². The summed E-state index contributed by atoms with van der Waals surface area (Å²) >= 11 is 1.47. The Balaban J connectivity index is 1.98. The lowest BCUT2D eigenvalue weighted by Crippen LogP contribution is -2.24. The number of rotatable bonds is 5. The maximum Gasteiger partial charge on any atom is 0.295 e. The van der Waals surface area contributed by atoms with E-state index in [1.807, 2.05) is 24.5 Å². The molecular formula is C18H19N5O3S. The molecule has 1 aromatic carbocycles. The molecule has 0 bridgehead atoms. The van der Waals surface area contributed by atoms with Gasteiger partial charge < -0.3 is 10.3 Å². The molecule has 9 heteroatoms. The topological polar surface area (TPSA) is 102 Å². The summed E-state index contributed by atoms with van der Waals surface area (Å²) in [6.07, 6.45) is 1.87. The normalized spacial score (nSPS) is 10.8. The fourth-order valence-electron chi connectivity index (χ4n) is 2.72. The molecule has 2 heterocycles. The number of thioether (sulfide) groups is 1. The van der Waals surface area contributed by atoms with E-state index in [2.05, 4.69) is 15.3 Å². The molecule has 0 spiro atoms. The first kappa shape index (κ1) is 18.7. The highest BCUT2D eigenvalue weighted by molar-refractivity contribution is 7.97. The largest absolute Gasteiger partial charge is 0.314 e. The first-order valence-electron chi connectivity index (χ1n) is 8.17. The highest BCUT2D eigenvalue weighted by atomic mass is 32.2. The van der Waals surface area contributed by atoms with Crippen LogP contribution in [0, 0.1) is 6.92 Å². The molecule has 2 N–H and O–H groups in total. The smallest absolute Gasteiger partial charge is 0.295 e. The van der Waals surface area contributed by atoms with Crippen molar-refractivity contribution in [2.45, 2.75) is 12.7 Å². The zero-order valence-corrected chi connectivity index (χ0v) is 16.0. The Hall–Kier alpha value is -3.07. The highest BCUT2D eigenvalue weighted by Crippen LogP contribution is 2.14. The van der Waals surface area contributed by atoms with Gasteiger partial charge in [-0.25, -0.2) is 9.67 Å². The van der Waals surface area contributed by atoms with Crippen molar-refractivity contribution >= 4 is 23.4 Å². The van der Waals surface area contributed by atoms with Crippen LogP contribution in [0.4, 0.5) is 5.69 Å². The molecule has 3 aromatic rings. The lowest BCUT2D eigenvalue weighted by atomic mass is 10.3. The van der Waals surface area contributed by atoms with Crippen molar-refractivity contribution in [2.24, 2.45) is 7.05 Å². The number of para-hydroxylation sites is 1. The molecule has 0 saturated carbocycles. The molecule has 0 fully saturated rings. The number of anilines is 1. The number of H-pyrrole nitrogens is 1. The van der Waals surface area contributed by atoms with E-state index >= 15 is 0 Å². The fraction of sp³-hybridized carbons (Fsp3) is 0.222. The van der Waals surface area contributed by atoms with Crippen LogP contribution in [-0.2, 0) is 12.8 Å². The van der Waals surface area contributed by atoms with E-state index in [4.69, 9.17) is 0 Å². The summed E-state index contributed by atoms with van der Waals surface area (Å²) in [5.74, 6) is 0.280. The van der Waals surface area contributed by atoms with Gasteiger partial charge in [0, 0.05) is 13.1 Å².